The number of ether oxygens (including phenoxy) is 1. The van der Waals surface area contributed by atoms with E-state index in [4.69, 9.17) is 16.3 Å². The highest BCUT2D eigenvalue weighted by molar-refractivity contribution is 6.31. The van der Waals surface area contributed by atoms with Gasteiger partial charge in [-0.05, 0) is 50.8 Å². The van der Waals surface area contributed by atoms with Crippen LogP contribution in [0.25, 0.3) is 0 Å². The molecule has 0 heterocycles. The van der Waals surface area contributed by atoms with Gasteiger partial charge in [0.1, 0.15) is 12.4 Å². The second-order valence-corrected chi connectivity index (χ2v) is 6.65. The molecule has 0 spiro atoms. The summed E-state index contributed by atoms with van der Waals surface area (Å²) in [5, 5.41) is 2.06. The molecule has 2 aromatic rings. The number of hydrogen-bond acceptors (Lipinski definition) is 3. The number of hydrogen-bond donors (Lipinski definition) is 1. The molecule has 0 aliphatic heterocycles. The number of rotatable bonds is 6. The zero-order valence-electron chi connectivity index (χ0n) is 15.2. The summed E-state index contributed by atoms with van der Waals surface area (Å²) in [4.78, 5) is 14.6. The van der Waals surface area contributed by atoms with Crippen LogP contribution in [0.1, 0.15) is 21.5 Å². The third kappa shape index (κ3) is 5.61. The van der Waals surface area contributed by atoms with Gasteiger partial charge >= 0.3 is 6.18 Å². The highest BCUT2D eigenvalue weighted by Gasteiger charge is 2.33. The minimum Gasteiger partial charge on any atom is -0.491 e. The number of alkyl halides is 3. The fourth-order valence-corrected chi connectivity index (χ4v) is 2.63. The summed E-state index contributed by atoms with van der Waals surface area (Å²) in [5.41, 5.74) is -0.0759. The molecule has 0 aliphatic carbocycles. The molecule has 1 N–H and O–H groups in total. The van der Waals surface area contributed by atoms with E-state index in [-0.39, 0.29) is 11.3 Å². The number of amides is 1. The van der Waals surface area contributed by atoms with E-state index in [1.165, 1.54) is 6.07 Å². The number of anilines is 1. The molecular weight excluding hydrogens is 381 g/mol. The number of likely N-dealkylation sites (N-methyl/N-ethyl adjacent to an activating group) is 1. The fraction of sp³-hybridized carbons (Fsp3) is 0.316. The molecule has 0 radical (unpaired) electrons. The van der Waals surface area contributed by atoms with E-state index in [1.54, 1.807) is 25.1 Å². The van der Waals surface area contributed by atoms with E-state index in [2.05, 4.69) is 5.32 Å². The molecule has 0 unspecified atom stereocenters. The largest absolute Gasteiger partial charge is 0.491 e. The number of carbonyl (C=O) groups is 1. The molecule has 146 valence electrons. The van der Waals surface area contributed by atoms with Crippen LogP contribution >= 0.6 is 11.6 Å². The maximum atomic E-state index is 13.0. The van der Waals surface area contributed by atoms with Gasteiger partial charge in [-0.15, -0.1) is 0 Å². The maximum absolute atomic E-state index is 13.0. The Hall–Kier alpha value is -2.25. The van der Waals surface area contributed by atoms with Gasteiger partial charge in [0.15, 0.2) is 0 Å². The highest BCUT2D eigenvalue weighted by Crippen LogP contribution is 2.36. The van der Waals surface area contributed by atoms with Crippen molar-refractivity contribution in [2.75, 3.05) is 32.6 Å². The lowest BCUT2D eigenvalue weighted by Gasteiger charge is -2.16. The predicted octanol–water partition coefficient (Wildman–Crippen LogP) is 4.86. The van der Waals surface area contributed by atoms with Crippen LogP contribution in [0, 0.1) is 6.92 Å². The van der Waals surface area contributed by atoms with Gasteiger partial charge in [0.05, 0.1) is 16.1 Å². The first-order valence-corrected chi connectivity index (χ1v) is 8.52. The van der Waals surface area contributed by atoms with Crippen molar-refractivity contribution < 1.29 is 22.7 Å². The van der Waals surface area contributed by atoms with Crippen molar-refractivity contribution >= 4 is 23.2 Å². The van der Waals surface area contributed by atoms with Gasteiger partial charge < -0.3 is 15.0 Å². The second kappa shape index (κ2) is 8.63. The molecule has 0 atom stereocenters. The van der Waals surface area contributed by atoms with Crippen LogP contribution in [0.2, 0.25) is 5.02 Å². The first kappa shape index (κ1) is 21.1. The maximum Gasteiger partial charge on any atom is 0.417 e. The lowest BCUT2D eigenvalue weighted by atomic mass is 10.1. The Bertz CT molecular complexity index is 823. The van der Waals surface area contributed by atoms with Crippen LogP contribution in [-0.2, 0) is 6.18 Å². The molecule has 0 fully saturated rings. The van der Waals surface area contributed by atoms with Crippen molar-refractivity contribution in [2.45, 2.75) is 13.1 Å². The van der Waals surface area contributed by atoms with Crippen LogP contribution in [0.5, 0.6) is 5.75 Å². The molecule has 2 aromatic carbocycles. The topological polar surface area (TPSA) is 41.6 Å². The number of nitrogens with zero attached hydrogens (tertiary/aromatic N) is 1. The van der Waals surface area contributed by atoms with Gasteiger partial charge in [-0.25, -0.2) is 0 Å². The summed E-state index contributed by atoms with van der Waals surface area (Å²) >= 11 is 5.61. The summed E-state index contributed by atoms with van der Waals surface area (Å²) in [6.07, 6.45) is -4.61. The van der Waals surface area contributed by atoms with Crippen LogP contribution in [0.4, 0.5) is 18.9 Å². The fourth-order valence-electron chi connectivity index (χ4n) is 2.40. The molecule has 0 saturated heterocycles. The van der Waals surface area contributed by atoms with Crippen molar-refractivity contribution in [1.29, 1.82) is 0 Å². The van der Waals surface area contributed by atoms with Crippen LogP contribution in [-0.4, -0.2) is 38.1 Å². The molecule has 4 nitrogen and oxygen atoms in total. The third-order valence-corrected chi connectivity index (χ3v) is 4.12. The standard InChI is InChI=1S/C19H20ClF3N2O2/c1-12-5-4-6-16(27-10-9-25(2)3)17(12)18(26)24-13-7-8-15(20)14(11-13)19(21,22)23/h4-8,11H,9-10H2,1-3H3,(H,24,26). The molecule has 8 heteroatoms. The van der Waals surface area contributed by atoms with E-state index >= 15 is 0 Å². The molecule has 1 amide bonds. The van der Waals surface area contributed by atoms with E-state index in [0.29, 0.717) is 24.5 Å². The Morgan fingerprint density at radius 2 is 1.93 bits per heavy atom. The summed E-state index contributed by atoms with van der Waals surface area (Å²) < 4.78 is 44.7. The summed E-state index contributed by atoms with van der Waals surface area (Å²) in [5.74, 6) is -0.178. The van der Waals surface area contributed by atoms with Gasteiger partial charge in [-0.3, -0.25) is 4.79 Å². The Kier molecular flexibility index (Phi) is 6.73. The molecule has 2 rings (SSSR count). The van der Waals surface area contributed by atoms with E-state index < -0.39 is 22.7 Å². The van der Waals surface area contributed by atoms with Crippen molar-refractivity contribution in [2.24, 2.45) is 0 Å². The Balaban J connectivity index is 2.26. The molecule has 27 heavy (non-hydrogen) atoms. The van der Waals surface area contributed by atoms with Gasteiger partial charge in [-0.1, -0.05) is 23.7 Å². The summed E-state index contributed by atoms with van der Waals surface area (Å²) in [6.45, 7) is 2.76. The molecule has 0 aliphatic rings. The average Bonchev–Trinajstić information content (AvgIpc) is 2.55. The number of benzene rings is 2. The number of carbonyl (C=O) groups excluding carboxylic acids is 1. The molecule has 0 bridgehead atoms. The zero-order chi connectivity index (χ0) is 20.2. The van der Waals surface area contributed by atoms with Gasteiger partial charge in [0, 0.05) is 12.2 Å². The van der Waals surface area contributed by atoms with Crippen molar-refractivity contribution in [3.63, 3.8) is 0 Å². The average molecular weight is 401 g/mol. The molecule has 0 saturated carbocycles. The lowest BCUT2D eigenvalue weighted by Crippen LogP contribution is -2.21. The van der Waals surface area contributed by atoms with Gasteiger partial charge in [0.2, 0.25) is 0 Å². The first-order chi connectivity index (χ1) is 12.6. The number of halogens is 4. The number of aryl methyl sites for hydroxylation is 1. The lowest BCUT2D eigenvalue weighted by molar-refractivity contribution is -0.137. The van der Waals surface area contributed by atoms with Crippen molar-refractivity contribution in [3.05, 3.63) is 58.1 Å². The van der Waals surface area contributed by atoms with Gasteiger partial charge in [0.25, 0.3) is 5.91 Å². The van der Waals surface area contributed by atoms with Crippen LogP contribution in [0.15, 0.2) is 36.4 Å². The minimum atomic E-state index is -4.61. The second-order valence-electron chi connectivity index (χ2n) is 6.25. The zero-order valence-corrected chi connectivity index (χ0v) is 15.9. The third-order valence-electron chi connectivity index (χ3n) is 3.79. The van der Waals surface area contributed by atoms with Gasteiger partial charge in [-0.2, -0.15) is 13.2 Å². The summed E-state index contributed by atoms with van der Waals surface area (Å²) in [6, 6.07) is 8.37. The molecule has 0 aromatic heterocycles. The van der Waals surface area contributed by atoms with Crippen molar-refractivity contribution in [1.82, 2.24) is 4.90 Å². The Morgan fingerprint density at radius 1 is 1.22 bits per heavy atom. The first-order valence-electron chi connectivity index (χ1n) is 8.15. The van der Waals surface area contributed by atoms with E-state index in [0.717, 1.165) is 12.1 Å². The predicted molar refractivity (Wildman–Crippen MR) is 99.6 cm³/mol. The van der Waals surface area contributed by atoms with Crippen LogP contribution < -0.4 is 10.1 Å². The Labute approximate surface area is 160 Å². The normalized spacial score (nSPS) is 11.6. The van der Waals surface area contributed by atoms with Crippen LogP contribution in [0.3, 0.4) is 0 Å². The SMILES string of the molecule is Cc1cccc(OCCN(C)C)c1C(=O)Nc1ccc(Cl)c(C(F)(F)F)c1. The van der Waals surface area contributed by atoms with E-state index in [1.807, 2.05) is 19.0 Å². The van der Waals surface area contributed by atoms with E-state index in [9.17, 15) is 18.0 Å². The van der Waals surface area contributed by atoms with Crippen molar-refractivity contribution in [3.8, 4) is 5.75 Å². The highest BCUT2D eigenvalue weighted by atomic mass is 35.5. The number of nitrogens with one attached hydrogen (secondary N) is 1. The monoisotopic (exact) mass is 400 g/mol. The smallest absolute Gasteiger partial charge is 0.417 e. The molecular formula is C19H20ClF3N2O2. The summed E-state index contributed by atoms with van der Waals surface area (Å²) in [7, 11) is 3.79. The minimum absolute atomic E-state index is 0.000723. The quantitative estimate of drug-likeness (QED) is 0.753. The Morgan fingerprint density at radius 3 is 2.56 bits per heavy atom.